The van der Waals surface area contributed by atoms with Gasteiger partial charge in [0.1, 0.15) is 17.3 Å². The van der Waals surface area contributed by atoms with E-state index in [1.165, 1.54) is 5.56 Å². The number of rotatable bonds is 2. The minimum absolute atomic E-state index is 0.186. The fourth-order valence-corrected chi connectivity index (χ4v) is 4.34. The summed E-state index contributed by atoms with van der Waals surface area (Å²) in [6.45, 7) is 5.14. The van der Waals surface area contributed by atoms with E-state index >= 15 is 0 Å². The Morgan fingerprint density at radius 2 is 1.72 bits per heavy atom. The van der Waals surface area contributed by atoms with Gasteiger partial charge in [-0.2, -0.15) is 0 Å². The summed E-state index contributed by atoms with van der Waals surface area (Å²) in [6.07, 6.45) is 1.36. The number of para-hydroxylation sites is 2. The summed E-state index contributed by atoms with van der Waals surface area (Å²) in [5, 5.41) is 0. The number of aliphatic imine (C=N–C) groups is 1. The minimum Gasteiger partial charge on any atom is -0.454 e. The lowest BCUT2D eigenvalue weighted by Gasteiger charge is -2.25. The van der Waals surface area contributed by atoms with Gasteiger partial charge in [-0.1, -0.05) is 54.1 Å². The van der Waals surface area contributed by atoms with E-state index in [9.17, 15) is 4.79 Å². The Morgan fingerprint density at radius 3 is 2.59 bits per heavy atom. The van der Waals surface area contributed by atoms with Gasteiger partial charge in [-0.25, -0.2) is 4.99 Å². The molecule has 2 aliphatic heterocycles. The molecule has 5 heteroatoms. The summed E-state index contributed by atoms with van der Waals surface area (Å²) in [4.78, 5) is 22.3. The molecule has 0 bridgehead atoms. The van der Waals surface area contributed by atoms with Gasteiger partial charge in [-0.05, 0) is 43.2 Å². The van der Waals surface area contributed by atoms with Crippen molar-refractivity contribution in [3.8, 4) is 11.5 Å². The third kappa shape index (κ3) is 4.24. The molecule has 0 atom stereocenters. The van der Waals surface area contributed by atoms with Crippen LogP contribution in [-0.4, -0.2) is 47.7 Å². The van der Waals surface area contributed by atoms with Gasteiger partial charge in [0.2, 0.25) is 5.91 Å². The van der Waals surface area contributed by atoms with E-state index in [4.69, 9.17) is 9.73 Å². The number of hydrogen-bond donors (Lipinski definition) is 0. The van der Waals surface area contributed by atoms with Crippen LogP contribution >= 0.6 is 0 Å². The second-order valence-electron chi connectivity index (χ2n) is 8.39. The normalized spacial score (nSPS) is 15.6. The lowest BCUT2D eigenvalue weighted by molar-refractivity contribution is -0.130. The zero-order valence-corrected chi connectivity index (χ0v) is 18.3. The number of amides is 1. The highest BCUT2D eigenvalue weighted by Gasteiger charge is 2.26. The van der Waals surface area contributed by atoms with Gasteiger partial charge in [-0.15, -0.1) is 0 Å². The average molecular weight is 426 g/mol. The molecule has 2 aliphatic rings. The molecule has 0 aliphatic carbocycles. The Morgan fingerprint density at radius 1 is 0.906 bits per heavy atom. The fraction of sp³-hybridized carbons (Fsp3) is 0.259. The SMILES string of the molecule is Cc1ccc2c(c1)C(N1CCCN(C(=O)Cc3ccccc3)CC1)=Nc1ccccc1O2. The Labute approximate surface area is 189 Å². The molecule has 162 valence electrons. The third-order valence-electron chi connectivity index (χ3n) is 6.03. The molecule has 1 saturated heterocycles. The number of fused-ring (bicyclic) bond motifs is 2. The van der Waals surface area contributed by atoms with E-state index < -0.39 is 0 Å². The molecule has 0 spiro atoms. The van der Waals surface area contributed by atoms with E-state index in [-0.39, 0.29) is 5.91 Å². The molecular formula is C27H27N3O2. The first-order valence-corrected chi connectivity index (χ1v) is 11.2. The number of nitrogens with zero attached hydrogens (tertiary/aromatic N) is 3. The molecular weight excluding hydrogens is 398 g/mol. The first-order chi connectivity index (χ1) is 15.7. The van der Waals surface area contributed by atoms with Crippen molar-refractivity contribution in [3.05, 3.63) is 89.5 Å². The van der Waals surface area contributed by atoms with Crippen LogP contribution in [0, 0.1) is 6.92 Å². The molecule has 0 unspecified atom stereocenters. The predicted molar refractivity (Wildman–Crippen MR) is 127 cm³/mol. The number of carbonyl (C=O) groups is 1. The number of aryl methyl sites for hydroxylation is 1. The Balaban J connectivity index is 1.40. The van der Waals surface area contributed by atoms with Gasteiger partial charge in [0.15, 0.2) is 5.75 Å². The average Bonchev–Trinajstić information content (AvgIpc) is 3.15. The largest absolute Gasteiger partial charge is 0.454 e. The number of carbonyl (C=O) groups excluding carboxylic acids is 1. The van der Waals surface area contributed by atoms with Crippen LogP contribution in [0.15, 0.2) is 77.8 Å². The van der Waals surface area contributed by atoms with Gasteiger partial charge in [0.25, 0.3) is 0 Å². The maximum atomic E-state index is 12.9. The first-order valence-electron chi connectivity index (χ1n) is 11.2. The van der Waals surface area contributed by atoms with Gasteiger partial charge in [0.05, 0.1) is 12.0 Å². The molecule has 3 aromatic carbocycles. The molecule has 5 nitrogen and oxygen atoms in total. The van der Waals surface area contributed by atoms with Crippen molar-refractivity contribution in [2.24, 2.45) is 4.99 Å². The van der Waals surface area contributed by atoms with Crippen molar-refractivity contribution in [1.82, 2.24) is 9.80 Å². The van der Waals surface area contributed by atoms with E-state index in [2.05, 4.69) is 24.0 Å². The van der Waals surface area contributed by atoms with E-state index in [0.717, 1.165) is 60.2 Å². The van der Waals surface area contributed by atoms with Crippen LogP contribution in [0.5, 0.6) is 11.5 Å². The number of ether oxygens (including phenoxy) is 1. The highest BCUT2D eigenvalue weighted by Crippen LogP contribution is 2.38. The number of hydrogen-bond acceptors (Lipinski definition) is 4. The maximum Gasteiger partial charge on any atom is 0.227 e. The van der Waals surface area contributed by atoms with Crippen LogP contribution in [0.1, 0.15) is 23.1 Å². The standard InChI is InChI=1S/C27H27N3O2/c1-20-12-13-24-22(18-20)27(28-23-10-5-6-11-25(23)32-24)30-15-7-14-29(16-17-30)26(31)19-21-8-3-2-4-9-21/h2-6,8-13,18H,7,14-17,19H2,1H3. The second kappa shape index (κ2) is 8.87. The molecule has 1 amide bonds. The molecule has 32 heavy (non-hydrogen) atoms. The van der Waals surface area contributed by atoms with Crippen LogP contribution in [0.3, 0.4) is 0 Å². The van der Waals surface area contributed by atoms with Gasteiger partial charge >= 0.3 is 0 Å². The third-order valence-corrected chi connectivity index (χ3v) is 6.03. The Hall–Kier alpha value is -3.60. The molecule has 2 heterocycles. The van der Waals surface area contributed by atoms with Gasteiger partial charge in [0, 0.05) is 26.2 Å². The van der Waals surface area contributed by atoms with Crippen LogP contribution in [-0.2, 0) is 11.2 Å². The maximum absolute atomic E-state index is 12.9. The summed E-state index contributed by atoms with van der Waals surface area (Å²) in [5.74, 6) is 2.69. The summed E-state index contributed by atoms with van der Waals surface area (Å²) in [6, 6.07) is 24.1. The van der Waals surface area contributed by atoms with Crippen LogP contribution in [0.25, 0.3) is 0 Å². The van der Waals surface area contributed by atoms with Crippen molar-refractivity contribution in [2.75, 3.05) is 26.2 Å². The monoisotopic (exact) mass is 425 g/mol. The van der Waals surface area contributed by atoms with E-state index in [1.54, 1.807) is 0 Å². The molecule has 0 N–H and O–H groups in total. The Bertz CT molecular complexity index is 1160. The van der Waals surface area contributed by atoms with Crippen LogP contribution < -0.4 is 4.74 Å². The van der Waals surface area contributed by atoms with Crippen molar-refractivity contribution in [1.29, 1.82) is 0 Å². The lowest BCUT2D eigenvalue weighted by Crippen LogP contribution is -2.38. The minimum atomic E-state index is 0.186. The highest BCUT2D eigenvalue weighted by molar-refractivity contribution is 6.04. The quantitative estimate of drug-likeness (QED) is 0.583. The number of amidine groups is 1. The van der Waals surface area contributed by atoms with Crippen molar-refractivity contribution in [3.63, 3.8) is 0 Å². The topological polar surface area (TPSA) is 45.1 Å². The second-order valence-corrected chi connectivity index (χ2v) is 8.39. The van der Waals surface area contributed by atoms with Gasteiger partial charge in [-0.3, -0.25) is 4.79 Å². The molecule has 0 saturated carbocycles. The fourth-order valence-electron chi connectivity index (χ4n) is 4.34. The zero-order valence-electron chi connectivity index (χ0n) is 18.3. The molecule has 3 aromatic rings. The van der Waals surface area contributed by atoms with Gasteiger partial charge < -0.3 is 14.5 Å². The van der Waals surface area contributed by atoms with Crippen molar-refractivity contribution in [2.45, 2.75) is 19.8 Å². The molecule has 1 fully saturated rings. The predicted octanol–water partition coefficient (Wildman–Crippen LogP) is 4.96. The zero-order chi connectivity index (χ0) is 21.9. The van der Waals surface area contributed by atoms with Crippen molar-refractivity contribution >= 4 is 17.4 Å². The van der Waals surface area contributed by atoms with Crippen LogP contribution in [0.2, 0.25) is 0 Å². The van der Waals surface area contributed by atoms with Crippen molar-refractivity contribution < 1.29 is 9.53 Å². The van der Waals surface area contributed by atoms with Crippen LogP contribution in [0.4, 0.5) is 5.69 Å². The lowest BCUT2D eigenvalue weighted by atomic mass is 10.1. The molecule has 0 radical (unpaired) electrons. The first kappa shape index (κ1) is 20.3. The summed E-state index contributed by atoms with van der Waals surface area (Å²) in [7, 11) is 0. The molecule has 5 rings (SSSR count). The summed E-state index contributed by atoms with van der Waals surface area (Å²) < 4.78 is 6.23. The summed E-state index contributed by atoms with van der Waals surface area (Å²) in [5.41, 5.74) is 4.06. The highest BCUT2D eigenvalue weighted by atomic mass is 16.5. The Kier molecular flexibility index (Phi) is 5.63. The summed E-state index contributed by atoms with van der Waals surface area (Å²) >= 11 is 0. The molecule has 0 aromatic heterocycles. The smallest absolute Gasteiger partial charge is 0.227 e. The van der Waals surface area contributed by atoms with E-state index in [1.807, 2.05) is 65.6 Å². The number of benzene rings is 3. The van der Waals surface area contributed by atoms with E-state index in [0.29, 0.717) is 13.0 Å².